The minimum absolute atomic E-state index is 0.130. The van der Waals surface area contributed by atoms with Crippen molar-refractivity contribution >= 4 is 21.5 Å². The summed E-state index contributed by atoms with van der Waals surface area (Å²) in [4.78, 5) is 0. The number of hydrogen-bond acceptors (Lipinski definition) is 0. The van der Waals surface area contributed by atoms with Crippen molar-refractivity contribution in [2.45, 2.75) is 13.8 Å². The zero-order chi connectivity index (χ0) is 12.0. The maximum atomic E-state index is 14.1. The molecule has 0 atom stereocenters. The summed E-state index contributed by atoms with van der Waals surface area (Å²) in [5, 5.41) is 3.79. The predicted octanol–water partition coefficient (Wildman–Crippen LogP) is 4.75. The van der Waals surface area contributed by atoms with Gasteiger partial charge in [0.15, 0.2) is 0 Å². The molecule has 0 bridgehead atoms. The lowest BCUT2D eigenvalue weighted by Crippen LogP contribution is -1.85. The smallest absolute Gasteiger partial charge is 0.131 e. The van der Waals surface area contributed by atoms with E-state index in [4.69, 9.17) is 0 Å². The Morgan fingerprint density at radius 3 is 2.29 bits per heavy atom. The van der Waals surface area contributed by atoms with Crippen molar-refractivity contribution in [2.24, 2.45) is 0 Å². The fourth-order valence-corrected chi connectivity index (χ4v) is 2.41. The van der Waals surface area contributed by atoms with E-state index in [0.717, 1.165) is 27.1 Å². The molecule has 0 radical (unpaired) electrons. The lowest BCUT2D eigenvalue weighted by molar-refractivity contribution is 0.639. The van der Waals surface area contributed by atoms with Gasteiger partial charge in [0.2, 0.25) is 0 Å². The summed E-state index contributed by atoms with van der Waals surface area (Å²) in [5.41, 5.74) is 2.16. The van der Waals surface area contributed by atoms with Crippen LogP contribution in [0.1, 0.15) is 11.1 Å². The second kappa shape index (κ2) is 3.56. The van der Waals surface area contributed by atoms with Crippen LogP contribution in [0.4, 0.5) is 4.39 Å². The summed E-state index contributed by atoms with van der Waals surface area (Å²) in [6, 6.07) is 13.8. The molecule has 0 aliphatic carbocycles. The average Bonchev–Trinajstić information content (AvgIpc) is 2.28. The van der Waals surface area contributed by atoms with Crippen LogP contribution in [0, 0.1) is 19.7 Å². The van der Waals surface area contributed by atoms with Crippen molar-refractivity contribution in [3.05, 3.63) is 59.4 Å². The van der Waals surface area contributed by atoms with Crippen LogP contribution in [0.15, 0.2) is 42.5 Å². The number of halogens is 1. The van der Waals surface area contributed by atoms with Gasteiger partial charge in [0.25, 0.3) is 0 Å². The highest BCUT2D eigenvalue weighted by Gasteiger charge is 2.06. The van der Waals surface area contributed by atoms with E-state index >= 15 is 0 Å². The van der Waals surface area contributed by atoms with Crippen LogP contribution in [0.2, 0.25) is 0 Å². The Morgan fingerprint density at radius 1 is 0.765 bits per heavy atom. The summed E-state index contributed by atoms with van der Waals surface area (Å²) in [6.45, 7) is 3.97. The van der Waals surface area contributed by atoms with Crippen LogP contribution in [-0.2, 0) is 0 Å². The van der Waals surface area contributed by atoms with Crippen LogP contribution in [-0.4, -0.2) is 0 Å². The molecule has 0 amide bonds. The molecule has 0 spiro atoms. The van der Waals surface area contributed by atoms with E-state index in [2.05, 4.69) is 19.1 Å². The highest BCUT2D eigenvalue weighted by atomic mass is 19.1. The van der Waals surface area contributed by atoms with Gasteiger partial charge in [-0.25, -0.2) is 4.39 Å². The van der Waals surface area contributed by atoms with Crippen molar-refractivity contribution in [1.82, 2.24) is 0 Å². The Morgan fingerprint density at radius 2 is 1.47 bits per heavy atom. The highest BCUT2D eigenvalue weighted by Crippen LogP contribution is 2.29. The third-order valence-electron chi connectivity index (χ3n) is 3.18. The van der Waals surface area contributed by atoms with Crippen molar-refractivity contribution in [3.8, 4) is 0 Å². The van der Waals surface area contributed by atoms with Crippen molar-refractivity contribution in [2.75, 3.05) is 0 Å². The lowest BCUT2D eigenvalue weighted by Gasteiger charge is -2.07. The van der Waals surface area contributed by atoms with Gasteiger partial charge in [-0.05, 0) is 41.6 Å². The zero-order valence-electron chi connectivity index (χ0n) is 9.92. The van der Waals surface area contributed by atoms with Crippen molar-refractivity contribution in [1.29, 1.82) is 0 Å². The fourth-order valence-electron chi connectivity index (χ4n) is 2.41. The second-order valence-electron chi connectivity index (χ2n) is 4.64. The molecule has 0 aliphatic heterocycles. The zero-order valence-corrected chi connectivity index (χ0v) is 9.92. The molecule has 17 heavy (non-hydrogen) atoms. The minimum atomic E-state index is -0.130. The van der Waals surface area contributed by atoms with E-state index in [-0.39, 0.29) is 5.82 Å². The van der Waals surface area contributed by atoms with Gasteiger partial charge < -0.3 is 0 Å². The highest BCUT2D eigenvalue weighted by molar-refractivity contribution is 6.08. The number of rotatable bonds is 0. The first-order chi connectivity index (χ1) is 8.15. The molecule has 0 aromatic heterocycles. The van der Waals surface area contributed by atoms with E-state index in [1.165, 1.54) is 5.56 Å². The minimum Gasteiger partial charge on any atom is -0.206 e. The number of fused-ring (bicyclic) bond motifs is 3. The first kappa shape index (κ1) is 10.3. The quantitative estimate of drug-likeness (QED) is 0.483. The van der Waals surface area contributed by atoms with Crippen molar-refractivity contribution < 1.29 is 4.39 Å². The second-order valence-corrected chi connectivity index (χ2v) is 4.64. The average molecular weight is 224 g/mol. The molecule has 0 heterocycles. The summed E-state index contributed by atoms with van der Waals surface area (Å²) in [5.74, 6) is -0.130. The summed E-state index contributed by atoms with van der Waals surface area (Å²) >= 11 is 0. The van der Waals surface area contributed by atoms with Gasteiger partial charge in [-0.15, -0.1) is 0 Å². The Bertz CT molecular complexity index is 726. The van der Waals surface area contributed by atoms with Crippen LogP contribution >= 0.6 is 0 Å². The van der Waals surface area contributed by atoms with Crippen LogP contribution in [0.3, 0.4) is 0 Å². The maximum absolute atomic E-state index is 14.1. The molecule has 1 heteroatoms. The molecule has 84 valence electrons. The molecular formula is C16H13F. The third kappa shape index (κ3) is 1.59. The molecule has 0 aliphatic rings. The number of aryl methyl sites for hydroxylation is 2. The largest absolute Gasteiger partial charge is 0.206 e. The Labute approximate surface area is 99.7 Å². The van der Waals surface area contributed by atoms with Crippen LogP contribution in [0.5, 0.6) is 0 Å². The van der Waals surface area contributed by atoms with Gasteiger partial charge in [-0.1, -0.05) is 42.0 Å². The first-order valence-corrected chi connectivity index (χ1v) is 5.74. The fraction of sp³-hybridized carbons (Fsp3) is 0.125. The molecule has 0 N–H and O–H groups in total. The molecule has 0 nitrogen and oxygen atoms in total. The van der Waals surface area contributed by atoms with Gasteiger partial charge in [0, 0.05) is 5.39 Å². The lowest BCUT2D eigenvalue weighted by atomic mass is 9.99. The molecule has 0 fully saturated rings. The van der Waals surface area contributed by atoms with E-state index < -0.39 is 0 Å². The van der Waals surface area contributed by atoms with Gasteiger partial charge in [0.05, 0.1) is 0 Å². The SMILES string of the molecule is Cc1ccc2c(ccc3cc(C)cc(F)c32)c1. The van der Waals surface area contributed by atoms with Crippen LogP contribution < -0.4 is 0 Å². The monoisotopic (exact) mass is 224 g/mol. The van der Waals surface area contributed by atoms with Gasteiger partial charge in [-0.2, -0.15) is 0 Å². The Balaban J connectivity index is 2.55. The van der Waals surface area contributed by atoms with Gasteiger partial charge in [-0.3, -0.25) is 0 Å². The Hall–Kier alpha value is -1.89. The normalized spacial score (nSPS) is 11.2. The van der Waals surface area contributed by atoms with E-state index in [1.54, 1.807) is 6.07 Å². The molecule has 0 saturated carbocycles. The standard InChI is InChI=1S/C16H13F/c1-10-3-6-14-12(7-10)4-5-13-8-11(2)9-15(17)16(13)14/h3-9H,1-2H3. The topological polar surface area (TPSA) is 0 Å². The van der Waals surface area contributed by atoms with Gasteiger partial charge in [0.1, 0.15) is 5.82 Å². The molecule has 3 aromatic carbocycles. The van der Waals surface area contributed by atoms with E-state index in [9.17, 15) is 4.39 Å². The summed E-state index contributed by atoms with van der Waals surface area (Å²) in [7, 11) is 0. The van der Waals surface area contributed by atoms with Crippen molar-refractivity contribution in [3.63, 3.8) is 0 Å². The molecule has 3 rings (SSSR count). The maximum Gasteiger partial charge on any atom is 0.131 e. The first-order valence-electron chi connectivity index (χ1n) is 5.74. The van der Waals surface area contributed by atoms with Gasteiger partial charge >= 0.3 is 0 Å². The van der Waals surface area contributed by atoms with E-state index in [0.29, 0.717) is 0 Å². The summed E-state index contributed by atoms with van der Waals surface area (Å²) in [6.07, 6.45) is 0. The molecule has 0 unspecified atom stereocenters. The predicted molar refractivity (Wildman–Crippen MR) is 70.9 cm³/mol. The summed E-state index contributed by atoms with van der Waals surface area (Å²) < 4.78 is 14.1. The molecular weight excluding hydrogens is 211 g/mol. The molecule has 3 aromatic rings. The third-order valence-corrected chi connectivity index (χ3v) is 3.18. The van der Waals surface area contributed by atoms with E-state index in [1.807, 2.05) is 31.2 Å². The molecule has 0 saturated heterocycles. The number of hydrogen-bond donors (Lipinski definition) is 0. The Kier molecular flexibility index (Phi) is 2.15. The number of benzene rings is 3. The van der Waals surface area contributed by atoms with Crippen LogP contribution in [0.25, 0.3) is 21.5 Å².